The number of rotatable bonds is 0. The first kappa shape index (κ1) is 8.38. The lowest BCUT2D eigenvalue weighted by atomic mass is 9.99. The third-order valence-electron chi connectivity index (χ3n) is 2.35. The van der Waals surface area contributed by atoms with Gasteiger partial charge in [0.25, 0.3) is 0 Å². The van der Waals surface area contributed by atoms with E-state index in [2.05, 4.69) is 22.0 Å². The summed E-state index contributed by atoms with van der Waals surface area (Å²) in [6.07, 6.45) is 7.48. The van der Waals surface area contributed by atoms with Crippen molar-refractivity contribution in [1.82, 2.24) is 0 Å². The van der Waals surface area contributed by atoms with E-state index in [1.807, 2.05) is 18.2 Å². The average molecular weight is 265 g/mol. The maximum atomic E-state index is 11.7. The molecule has 3 rings (SSSR count). The van der Waals surface area contributed by atoms with Gasteiger partial charge in [-0.15, -0.1) is 11.3 Å². The number of carbonyl (C=O) groups is 1. The molecule has 0 fully saturated rings. The van der Waals surface area contributed by atoms with E-state index in [4.69, 9.17) is 0 Å². The Balaban J connectivity index is 2.48. The van der Waals surface area contributed by atoms with Gasteiger partial charge in [-0.1, -0.05) is 12.2 Å². The summed E-state index contributed by atoms with van der Waals surface area (Å²) in [5, 5.41) is 1.07. The predicted molar refractivity (Wildman–Crippen MR) is 61.4 cm³/mol. The molecule has 1 nitrogen and oxygen atoms in total. The molecule has 0 amide bonds. The SMILES string of the molecule is O=C1C=CC=C2C=c3sc(Br)cc3=C12. The minimum atomic E-state index is 0.114. The largest absolute Gasteiger partial charge is 0.289 e. The summed E-state index contributed by atoms with van der Waals surface area (Å²) >= 11 is 5.09. The topological polar surface area (TPSA) is 17.1 Å². The molecule has 0 N–H and O–H groups in total. The fourth-order valence-electron chi connectivity index (χ4n) is 1.77. The van der Waals surface area contributed by atoms with Crippen LogP contribution >= 0.6 is 27.3 Å². The van der Waals surface area contributed by atoms with Crippen molar-refractivity contribution in [2.75, 3.05) is 0 Å². The smallest absolute Gasteiger partial charge is 0.187 e. The number of hydrogen-bond donors (Lipinski definition) is 0. The van der Waals surface area contributed by atoms with Gasteiger partial charge in [0.15, 0.2) is 5.78 Å². The van der Waals surface area contributed by atoms with Gasteiger partial charge in [0.1, 0.15) is 0 Å². The van der Waals surface area contributed by atoms with E-state index < -0.39 is 0 Å². The van der Waals surface area contributed by atoms with Crippen molar-refractivity contribution in [3.63, 3.8) is 0 Å². The van der Waals surface area contributed by atoms with Crippen molar-refractivity contribution in [1.29, 1.82) is 0 Å². The molecule has 0 aromatic carbocycles. The molecule has 2 aliphatic rings. The molecule has 0 atom stereocenters. The molecule has 3 heteroatoms. The van der Waals surface area contributed by atoms with Crippen molar-refractivity contribution in [3.8, 4) is 0 Å². The van der Waals surface area contributed by atoms with E-state index in [-0.39, 0.29) is 5.78 Å². The Morgan fingerprint density at radius 2 is 2.21 bits per heavy atom. The predicted octanol–water partition coefficient (Wildman–Crippen LogP) is 1.52. The zero-order valence-electron chi connectivity index (χ0n) is 7.08. The molecule has 0 spiro atoms. The third kappa shape index (κ3) is 1.03. The van der Waals surface area contributed by atoms with Crippen LogP contribution in [0.15, 0.2) is 33.7 Å². The first-order valence-electron chi connectivity index (χ1n) is 4.20. The minimum absolute atomic E-state index is 0.114. The normalized spacial score (nSPS) is 17.6. The van der Waals surface area contributed by atoms with Crippen molar-refractivity contribution in [3.05, 3.63) is 43.4 Å². The van der Waals surface area contributed by atoms with Crippen LogP contribution in [-0.4, -0.2) is 5.78 Å². The maximum Gasteiger partial charge on any atom is 0.187 e. The van der Waals surface area contributed by atoms with Crippen LogP contribution in [0.3, 0.4) is 0 Å². The van der Waals surface area contributed by atoms with Crippen LogP contribution in [0.25, 0.3) is 11.6 Å². The van der Waals surface area contributed by atoms with E-state index in [1.54, 1.807) is 17.4 Å². The van der Waals surface area contributed by atoms with E-state index in [1.165, 1.54) is 4.53 Å². The van der Waals surface area contributed by atoms with Crippen LogP contribution in [0, 0.1) is 0 Å². The Hall–Kier alpha value is -0.930. The van der Waals surface area contributed by atoms with Gasteiger partial charge < -0.3 is 0 Å². The molecule has 14 heavy (non-hydrogen) atoms. The van der Waals surface area contributed by atoms with Gasteiger partial charge in [0.05, 0.1) is 3.79 Å². The molecule has 0 saturated heterocycles. The summed E-state index contributed by atoms with van der Waals surface area (Å²) in [7, 11) is 0. The van der Waals surface area contributed by atoms with Gasteiger partial charge in [-0.25, -0.2) is 0 Å². The van der Waals surface area contributed by atoms with Gasteiger partial charge >= 0.3 is 0 Å². The fourth-order valence-corrected chi connectivity index (χ4v) is 3.37. The molecular formula is C11H5BrOS. The van der Waals surface area contributed by atoms with Crippen molar-refractivity contribution in [2.24, 2.45) is 0 Å². The van der Waals surface area contributed by atoms with Crippen LogP contribution in [0.2, 0.25) is 0 Å². The Morgan fingerprint density at radius 1 is 1.36 bits per heavy atom. The zero-order chi connectivity index (χ0) is 9.71. The van der Waals surface area contributed by atoms with Gasteiger partial charge in [0, 0.05) is 15.3 Å². The maximum absolute atomic E-state index is 11.7. The first-order chi connectivity index (χ1) is 6.75. The lowest BCUT2D eigenvalue weighted by Crippen LogP contribution is -2.19. The Labute approximate surface area is 92.9 Å². The summed E-state index contributed by atoms with van der Waals surface area (Å²) in [5.74, 6) is 0.114. The average Bonchev–Trinajstić information content (AvgIpc) is 2.60. The van der Waals surface area contributed by atoms with E-state index in [0.717, 1.165) is 20.2 Å². The molecule has 0 unspecified atom stereocenters. The highest BCUT2D eigenvalue weighted by atomic mass is 79.9. The molecule has 1 aromatic heterocycles. The second-order valence-electron chi connectivity index (χ2n) is 3.19. The summed E-state index contributed by atoms with van der Waals surface area (Å²) in [5.41, 5.74) is 1.90. The number of thiophene rings is 1. The van der Waals surface area contributed by atoms with Gasteiger partial charge in [-0.05, 0) is 39.7 Å². The van der Waals surface area contributed by atoms with Crippen LogP contribution in [0.4, 0.5) is 0 Å². The highest BCUT2D eigenvalue weighted by molar-refractivity contribution is 9.11. The van der Waals surface area contributed by atoms with Crippen LogP contribution < -0.4 is 9.75 Å². The second kappa shape index (κ2) is 2.78. The fraction of sp³-hybridized carbons (Fsp3) is 0. The van der Waals surface area contributed by atoms with Crippen molar-refractivity contribution >= 4 is 44.7 Å². The number of halogens is 1. The molecule has 68 valence electrons. The van der Waals surface area contributed by atoms with Gasteiger partial charge in [-0.3, -0.25) is 4.79 Å². The summed E-state index contributed by atoms with van der Waals surface area (Å²) in [6, 6.07) is 2.02. The number of hydrogen-bond acceptors (Lipinski definition) is 2. The Morgan fingerprint density at radius 3 is 3.07 bits per heavy atom. The molecule has 1 aromatic rings. The minimum Gasteiger partial charge on any atom is -0.289 e. The molecule has 0 saturated carbocycles. The highest BCUT2D eigenvalue weighted by Gasteiger charge is 2.19. The standard InChI is InChI=1S/C11H5BrOS/c12-10-5-7-9(14-10)4-6-2-1-3-8(13)11(6)7/h1-5H. The number of fused-ring (bicyclic) bond motifs is 2. The first-order valence-corrected chi connectivity index (χ1v) is 5.81. The van der Waals surface area contributed by atoms with E-state index in [0.29, 0.717) is 0 Å². The monoisotopic (exact) mass is 264 g/mol. The molecular weight excluding hydrogens is 260 g/mol. The number of carbonyl (C=O) groups excluding carboxylic acids is 1. The quantitative estimate of drug-likeness (QED) is 0.695. The summed E-state index contributed by atoms with van der Waals surface area (Å²) < 4.78 is 2.25. The van der Waals surface area contributed by atoms with Crippen LogP contribution in [0.1, 0.15) is 0 Å². The lowest BCUT2D eigenvalue weighted by molar-refractivity contribution is -0.109. The number of allylic oxidation sites excluding steroid dienone is 4. The highest BCUT2D eigenvalue weighted by Crippen LogP contribution is 2.22. The van der Waals surface area contributed by atoms with Crippen molar-refractivity contribution in [2.45, 2.75) is 0 Å². The molecule has 2 aliphatic carbocycles. The molecule has 0 radical (unpaired) electrons. The molecule has 0 aliphatic heterocycles. The van der Waals surface area contributed by atoms with E-state index in [9.17, 15) is 4.79 Å². The zero-order valence-corrected chi connectivity index (χ0v) is 9.48. The van der Waals surface area contributed by atoms with Crippen LogP contribution in [0.5, 0.6) is 0 Å². The second-order valence-corrected chi connectivity index (χ2v) is 5.66. The number of ketones is 1. The van der Waals surface area contributed by atoms with Crippen molar-refractivity contribution < 1.29 is 4.79 Å². The Bertz CT molecular complexity index is 616. The summed E-state index contributed by atoms with van der Waals surface area (Å²) in [4.78, 5) is 11.7. The lowest BCUT2D eigenvalue weighted by Gasteiger charge is -2.03. The molecule has 1 heterocycles. The van der Waals surface area contributed by atoms with Gasteiger partial charge in [-0.2, -0.15) is 0 Å². The molecule has 0 bridgehead atoms. The Kier molecular flexibility index (Phi) is 1.66. The third-order valence-corrected chi connectivity index (χ3v) is 3.93. The van der Waals surface area contributed by atoms with E-state index >= 15 is 0 Å². The van der Waals surface area contributed by atoms with Gasteiger partial charge in [0.2, 0.25) is 0 Å². The summed E-state index contributed by atoms with van der Waals surface area (Å²) in [6.45, 7) is 0. The van der Waals surface area contributed by atoms with Crippen LogP contribution in [-0.2, 0) is 4.79 Å².